The quantitative estimate of drug-likeness (QED) is 0.727. The van der Waals surface area contributed by atoms with Crippen LogP contribution in [0, 0.1) is 5.92 Å². The van der Waals surface area contributed by atoms with Gasteiger partial charge in [-0.25, -0.2) is 4.79 Å². The average molecular weight is 278 g/mol. The van der Waals surface area contributed by atoms with E-state index >= 15 is 0 Å². The highest BCUT2D eigenvalue weighted by Gasteiger charge is 2.41. The fourth-order valence-electron chi connectivity index (χ4n) is 2.46. The van der Waals surface area contributed by atoms with Crippen LogP contribution in [0.2, 0.25) is 0 Å². The highest BCUT2D eigenvalue weighted by atomic mass is 16.5. The molecule has 6 heteroatoms. The lowest BCUT2D eigenvalue weighted by atomic mass is 9.85. The number of rotatable bonds is 3. The van der Waals surface area contributed by atoms with E-state index in [1.54, 1.807) is 32.0 Å². The third-order valence-electron chi connectivity index (χ3n) is 3.37. The van der Waals surface area contributed by atoms with Crippen molar-refractivity contribution in [3.8, 4) is 5.75 Å². The van der Waals surface area contributed by atoms with Gasteiger partial charge in [0.25, 0.3) is 0 Å². The number of phenols is 1. The molecule has 0 spiro atoms. The highest BCUT2D eigenvalue weighted by molar-refractivity contribution is 5.82. The zero-order valence-corrected chi connectivity index (χ0v) is 11.4. The van der Waals surface area contributed by atoms with Gasteiger partial charge in [-0.05, 0) is 19.9 Å². The fraction of sp³-hybridized carbons (Fsp3) is 0.429. The average Bonchev–Trinajstić information content (AvgIpc) is 2.38. The van der Waals surface area contributed by atoms with Crippen molar-refractivity contribution in [3.05, 3.63) is 29.8 Å². The molecule has 1 saturated heterocycles. The molecule has 0 aliphatic carbocycles. The Morgan fingerprint density at radius 2 is 2.05 bits per heavy atom. The Morgan fingerprint density at radius 3 is 2.70 bits per heavy atom. The normalized spacial score (nSPS) is 25.5. The van der Waals surface area contributed by atoms with E-state index in [2.05, 4.69) is 10.6 Å². The van der Waals surface area contributed by atoms with Crippen LogP contribution in [0.15, 0.2) is 24.3 Å². The van der Waals surface area contributed by atoms with E-state index < -0.39 is 17.9 Å². The SMILES string of the molecule is CCOC(=O)C1C(C)NC(=O)NC1c1ccccc1O. The topological polar surface area (TPSA) is 87.7 Å². The molecule has 0 aromatic heterocycles. The highest BCUT2D eigenvalue weighted by Crippen LogP contribution is 2.33. The van der Waals surface area contributed by atoms with Crippen molar-refractivity contribution in [1.82, 2.24) is 10.6 Å². The molecule has 2 amide bonds. The maximum Gasteiger partial charge on any atom is 0.315 e. The van der Waals surface area contributed by atoms with Crippen molar-refractivity contribution in [3.63, 3.8) is 0 Å². The van der Waals surface area contributed by atoms with Crippen LogP contribution < -0.4 is 10.6 Å². The number of hydrogen-bond acceptors (Lipinski definition) is 4. The smallest absolute Gasteiger partial charge is 0.315 e. The molecule has 20 heavy (non-hydrogen) atoms. The number of nitrogens with one attached hydrogen (secondary N) is 2. The number of para-hydroxylation sites is 1. The molecule has 1 fully saturated rings. The monoisotopic (exact) mass is 278 g/mol. The molecule has 0 bridgehead atoms. The molecule has 0 radical (unpaired) electrons. The van der Waals surface area contributed by atoms with E-state index in [1.807, 2.05) is 0 Å². The standard InChI is InChI=1S/C14H18N2O4/c1-3-20-13(18)11-8(2)15-14(19)16-12(11)9-6-4-5-7-10(9)17/h4-8,11-12,17H,3H2,1-2H3,(H2,15,16,19). The van der Waals surface area contributed by atoms with Gasteiger partial charge in [0.2, 0.25) is 0 Å². The van der Waals surface area contributed by atoms with Crippen LogP contribution in [-0.4, -0.2) is 29.8 Å². The summed E-state index contributed by atoms with van der Waals surface area (Å²) < 4.78 is 5.07. The molecule has 2 rings (SSSR count). The lowest BCUT2D eigenvalue weighted by molar-refractivity contribution is -0.150. The maximum absolute atomic E-state index is 12.1. The number of amides is 2. The molecular weight excluding hydrogens is 260 g/mol. The third-order valence-corrected chi connectivity index (χ3v) is 3.37. The zero-order valence-electron chi connectivity index (χ0n) is 11.4. The molecule has 3 unspecified atom stereocenters. The minimum atomic E-state index is -0.612. The number of carbonyl (C=O) groups excluding carboxylic acids is 2. The van der Waals surface area contributed by atoms with Crippen LogP contribution >= 0.6 is 0 Å². The number of esters is 1. The number of phenolic OH excluding ortho intramolecular Hbond substituents is 1. The molecule has 1 aromatic carbocycles. The molecule has 0 saturated carbocycles. The zero-order chi connectivity index (χ0) is 14.7. The summed E-state index contributed by atoms with van der Waals surface area (Å²) in [5.74, 6) is -0.956. The third kappa shape index (κ3) is 2.68. The predicted molar refractivity (Wildman–Crippen MR) is 72.1 cm³/mol. The van der Waals surface area contributed by atoms with Gasteiger partial charge < -0.3 is 20.5 Å². The first-order valence-corrected chi connectivity index (χ1v) is 6.56. The van der Waals surface area contributed by atoms with Gasteiger partial charge in [0.1, 0.15) is 11.7 Å². The summed E-state index contributed by atoms with van der Waals surface area (Å²) in [7, 11) is 0. The largest absolute Gasteiger partial charge is 0.508 e. The van der Waals surface area contributed by atoms with Crippen LogP contribution in [-0.2, 0) is 9.53 Å². The summed E-state index contributed by atoms with van der Waals surface area (Å²) in [4.78, 5) is 23.8. The Morgan fingerprint density at radius 1 is 1.35 bits per heavy atom. The van der Waals surface area contributed by atoms with Crippen LogP contribution in [0.5, 0.6) is 5.75 Å². The number of urea groups is 1. The van der Waals surface area contributed by atoms with Gasteiger partial charge in [-0.3, -0.25) is 4.79 Å². The Labute approximate surface area is 117 Å². The van der Waals surface area contributed by atoms with Crippen molar-refractivity contribution in [2.45, 2.75) is 25.9 Å². The van der Waals surface area contributed by atoms with E-state index in [-0.39, 0.29) is 24.4 Å². The maximum atomic E-state index is 12.1. The van der Waals surface area contributed by atoms with Gasteiger partial charge in [0.05, 0.1) is 12.6 Å². The van der Waals surface area contributed by atoms with Crippen LogP contribution in [0.25, 0.3) is 0 Å². The van der Waals surface area contributed by atoms with Gasteiger partial charge >= 0.3 is 12.0 Å². The summed E-state index contributed by atoms with van der Waals surface area (Å²) in [6.45, 7) is 3.74. The molecule has 1 heterocycles. The second-order valence-corrected chi connectivity index (χ2v) is 4.72. The Kier molecular flexibility index (Phi) is 4.12. The van der Waals surface area contributed by atoms with Crippen molar-refractivity contribution in [2.75, 3.05) is 6.61 Å². The van der Waals surface area contributed by atoms with E-state index in [9.17, 15) is 14.7 Å². The number of hydrogen-bond donors (Lipinski definition) is 3. The molecule has 3 atom stereocenters. The minimum absolute atomic E-state index is 0.0428. The van der Waals surface area contributed by atoms with Gasteiger partial charge in [-0.15, -0.1) is 0 Å². The molecular formula is C14H18N2O4. The first kappa shape index (κ1) is 14.2. The molecule has 1 aromatic rings. The van der Waals surface area contributed by atoms with Gasteiger partial charge in [-0.2, -0.15) is 0 Å². The minimum Gasteiger partial charge on any atom is -0.508 e. The summed E-state index contributed by atoms with van der Waals surface area (Å²) >= 11 is 0. The summed E-state index contributed by atoms with van der Waals surface area (Å²) in [5.41, 5.74) is 0.507. The predicted octanol–water partition coefficient (Wildman–Crippen LogP) is 1.31. The second-order valence-electron chi connectivity index (χ2n) is 4.72. The van der Waals surface area contributed by atoms with Crippen LogP contribution in [0.3, 0.4) is 0 Å². The Bertz CT molecular complexity index is 518. The van der Waals surface area contributed by atoms with Gasteiger partial charge in [-0.1, -0.05) is 18.2 Å². The molecule has 1 aliphatic heterocycles. The van der Waals surface area contributed by atoms with E-state index in [4.69, 9.17) is 4.74 Å². The molecule has 108 valence electrons. The number of carbonyl (C=O) groups is 2. The van der Waals surface area contributed by atoms with E-state index in [0.29, 0.717) is 5.56 Å². The molecule has 6 nitrogen and oxygen atoms in total. The van der Waals surface area contributed by atoms with E-state index in [0.717, 1.165) is 0 Å². The lowest BCUT2D eigenvalue weighted by Gasteiger charge is -2.36. The van der Waals surface area contributed by atoms with Gasteiger partial charge in [0.15, 0.2) is 0 Å². The number of aromatic hydroxyl groups is 1. The summed E-state index contributed by atoms with van der Waals surface area (Å²) in [6.07, 6.45) is 0. The first-order chi connectivity index (χ1) is 9.54. The lowest BCUT2D eigenvalue weighted by Crippen LogP contribution is -2.57. The summed E-state index contributed by atoms with van der Waals surface area (Å²) in [6, 6.07) is 5.28. The van der Waals surface area contributed by atoms with Crippen LogP contribution in [0.1, 0.15) is 25.5 Å². The Balaban J connectivity index is 2.37. The van der Waals surface area contributed by atoms with Gasteiger partial charge in [0, 0.05) is 11.6 Å². The van der Waals surface area contributed by atoms with Crippen molar-refractivity contribution in [1.29, 1.82) is 0 Å². The molecule has 3 N–H and O–H groups in total. The first-order valence-electron chi connectivity index (χ1n) is 6.56. The number of ether oxygens (including phenoxy) is 1. The fourth-order valence-corrected chi connectivity index (χ4v) is 2.46. The summed E-state index contributed by atoms with van der Waals surface area (Å²) in [5, 5.41) is 15.3. The molecule has 1 aliphatic rings. The van der Waals surface area contributed by atoms with E-state index in [1.165, 1.54) is 6.07 Å². The van der Waals surface area contributed by atoms with Crippen molar-refractivity contribution >= 4 is 12.0 Å². The Hall–Kier alpha value is -2.24. The second kappa shape index (κ2) is 5.81. The van der Waals surface area contributed by atoms with Crippen molar-refractivity contribution < 1.29 is 19.4 Å². The number of benzene rings is 1. The van der Waals surface area contributed by atoms with Crippen LogP contribution in [0.4, 0.5) is 4.79 Å². The van der Waals surface area contributed by atoms with Crippen molar-refractivity contribution in [2.24, 2.45) is 5.92 Å².